The van der Waals surface area contributed by atoms with Crippen LogP contribution in [0.3, 0.4) is 0 Å². The highest BCUT2D eigenvalue weighted by Gasteiger charge is 2.16. The highest BCUT2D eigenvalue weighted by atomic mass is 35.5. The summed E-state index contributed by atoms with van der Waals surface area (Å²) in [6.07, 6.45) is 0. The number of amides is 1. The number of carbonyl (C=O) groups excluding carboxylic acids is 1. The predicted molar refractivity (Wildman–Crippen MR) is 101 cm³/mol. The SMILES string of the molecule is Cc1nn(Cc2ccc(C(N)=O)c(F)c2)c(C)c1-c1ccc(C#N)c(Cl)c1. The second-order valence-electron chi connectivity index (χ2n) is 6.19. The monoisotopic (exact) mass is 382 g/mol. The molecule has 0 unspecified atom stereocenters. The van der Waals surface area contributed by atoms with Crippen LogP contribution >= 0.6 is 11.6 Å². The van der Waals surface area contributed by atoms with Crippen LogP contribution in [0.5, 0.6) is 0 Å². The van der Waals surface area contributed by atoms with Crippen molar-refractivity contribution >= 4 is 17.5 Å². The van der Waals surface area contributed by atoms with Gasteiger partial charge in [-0.15, -0.1) is 0 Å². The standard InChI is InChI=1S/C20H16ClFN4O/c1-11-19(14-4-5-15(9-23)17(21)8-14)12(2)26(25-11)10-13-3-6-16(20(24)27)18(22)7-13/h3-8H,10H2,1-2H3,(H2,24,27). The Morgan fingerprint density at radius 2 is 2.04 bits per heavy atom. The van der Waals surface area contributed by atoms with Crippen LogP contribution in [-0.2, 0) is 6.54 Å². The highest BCUT2D eigenvalue weighted by Crippen LogP contribution is 2.30. The number of rotatable bonds is 4. The molecule has 0 aliphatic heterocycles. The molecule has 1 heterocycles. The number of halogens is 2. The van der Waals surface area contributed by atoms with Crippen LogP contribution in [0.1, 0.15) is 32.9 Å². The van der Waals surface area contributed by atoms with E-state index < -0.39 is 11.7 Å². The van der Waals surface area contributed by atoms with Crippen molar-refractivity contribution in [3.63, 3.8) is 0 Å². The molecule has 0 aliphatic rings. The Bertz CT molecular complexity index is 1100. The van der Waals surface area contributed by atoms with Gasteiger partial charge in [0.05, 0.1) is 28.4 Å². The first kappa shape index (κ1) is 18.6. The molecule has 27 heavy (non-hydrogen) atoms. The molecule has 0 atom stereocenters. The van der Waals surface area contributed by atoms with Gasteiger partial charge in [0.1, 0.15) is 11.9 Å². The van der Waals surface area contributed by atoms with E-state index in [0.29, 0.717) is 22.7 Å². The van der Waals surface area contributed by atoms with Crippen molar-refractivity contribution in [3.8, 4) is 17.2 Å². The Labute approximate surface area is 160 Å². The van der Waals surface area contributed by atoms with Crippen molar-refractivity contribution in [3.05, 3.63) is 75.3 Å². The van der Waals surface area contributed by atoms with E-state index in [1.165, 1.54) is 12.1 Å². The number of benzene rings is 2. The van der Waals surface area contributed by atoms with Crippen LogP contribution < -0.4 is 5.73 Å². The summed E-state index contributed by atoms with van der Waals surface area (Å²) in [5.41, 5.74) is 9.51. The third kappa shape index (κ3) is 3.55. The summed E-state index contributed by atoms with van der Waals surface area (Å²) in [4.78, 5) is 11.2. The van der Waals surface area contributed by atoms with Gasteiger partial charge in [0, 0.05) is 11.3 Å². The molecule has 136 valence electrons. The highest BCUT2D eigenvalue weighted by molar-refractivity contribution is 6.32. The average molecular weight is 383 g/mol. The summed E-state index contributed by atoms with van der Waals surface area (Å²) >= 11 is 6.15. The summed E-state index contributed by atoms with van der Waals surface area (Å²) in [6, 6.07) is 11.6. The summed E-state index contributed by atoms with van der Waals surface area (Å²) in [7, 11) is 0. The van der Waals surface area contributed by atoms with E-state index >= 15 is 0 Å². The lowest BCUT2D eigenvalue weighted by Crippen LogP contribution is -2.13. The Kier molecular flexibility index (Phi) is 4.98. The fourth-order valence-corrected chi connectivity index (χ4v) is 3.28. The summed E-state index contributed by atoms with van der Waals surface area (Å²) in [5, 5.41) is 13.9. The van der Waals surface area contributed by atoms with Gasteiger partial charge in [0.25, 0.3) is 5.91 Å². The zero-order valence-corrected chi connectivity index (χ0v) is 15.5. The molecule has 0 aliphatic carbocycles. The minimum Gasteiger partial charge on any atom is -0.366 e. The molecule has 2 N–H and O–H groups in total. The molecular formula is C20H16ClFN4O. The van der Waals surface area contributed by atoms with E-state index in [1.807, 2.05) is 26.0 Å². The topological polar surface area (TPSA) is 84.7 Å². The van der Waals surface area contributed by atoms with Crippen LogP contribution in [-0.4, -0.2) is 15.7 Å². The number of hydrogen-bond acceptors (Lipinski definition) is 3. The number of aromatic nitrogens is 2. The fraction of sp³-hybridized carbons (Fsp3) is 0.150. The number of nitrogens with two attached hydrogens (primary N) is 1. The van der Waals surface area contributed by atoms with Gasteiger partial charge < -0.3 is 5.73 Å². The molecule has 0 saturated heterocycles. The molecule has 3 aromatic rings. The summed E-state index contributed by atoms with van der Waals surface area (Å²) < 4.78 is 15.8. The van der Waals surface area contributed by atoms with E-state index in [-0.39, 0.29) is 5.56 Å². The van der Waals surface area contributed by atoms with Gasteiger partial charge in [0.15, 0.2) is 0 Å². The lowest BCUT2D eigenvalue weighted by atomic mass is 10.0. The number of primary amides is 1. The largest absolute Gasteiger partial charge is 0.366 e. The Morgan fingerprint density at radius 1 is 1.30 bits per heavy atom. The molecule has 1 aromatic heterocycles. The van der Waals surface area contributed by atoms with Gasteiger partial charge in [-0.1, -0.05) is 23.7 Å². The quantitative estimate of drug-likeness (QED) is 0.740. The zero-order chi connectivity index (χ0) is 19.7. The first-order chi connectivity index (χ1) is 12.8. The molecule has 7 heteroatoms. The minimum absolute atomic E-state index is 0.139. The molecule has 5 nitrogen and oxygen atoms in total. The van der Waals surface area contributed by atoms with E-state index in [9.17, 15) is 9.18 Å². The minimum atomic E-state index is -0.801. The van der Waals surface area contributed by atoms with E-state index in [4.69, 9.17) is 22.6 Å². The second-order valence-corrected chi connectivity index (χ2v) is 6.60. The third-order valence-electron chi connectivity index (χ3n) is 4.39. The van der Waals surface area contributed by atoms with Crippen molar-refractivity contribution in [2.45, 2.75) is 20.4 Å². The Balaban J connectivity index is 1.97. The van der Waals surface area contributed by atoms with Crippen molar-refractivity contribution in [1.29, 1.82) is 5.26 Å². The molecule has 0 radical (unpaired) electrons. The van der Waals surface area contributed by atoms with Gasteiger partial charge in [-0.05, 0) is 49.2 Å². The third-order valence-corrected chi connectivity index (χ3v) is 4.70. The maximum absolute atomic E-state index is 14.0. The molecule has 0 saturated carbocycles. The van der Waals surface area contributed by atoms with Crippen molar-refractivity contribution in [2.75, 3.05) is 0 Å². The number of hydrogen-bond donors (Lipinski definition) is 1. The Hall–Kier alpha value is -3.17. The second kappa shape index (κ2) is 7.22. The van der Waals surface area contributed by atoms with Crippen LogP contribution in [0, 0.1) is 31.0 Å². The molecule has 1 amide bonds. The first-order valence-electron chi connectivity index (χ1n) is 8.14. The smallest absolute Gasteiger partial charge is 0.251 e. The molecule has 3 rings (SSSR count). The van der Waals surface area contributed by atoms with Crippen LogP contribution in [0.4, 0.5) is 4.39 Å². The maximum Gasteiger partial charge on any atom is 0.251 e. The maximum atomic E-state index is 14.0. The molecule has 0 fully saturated rings. The van der Waals surface area contributed by atoms with Gasteiger partial charge in [-0.2, -0.15) is 10.4 Å². The van der Waals surface area contributed by atoms with E-state index in [1.54, 1.807) is 22.9 Å². The predicted octanol–water partition coefficient (Wildman–Crippen LogP) is 3.98. The summed E-state index contributed by atoms with van der Waals surface area (Å²) in [5.74, 6) is -1.45. The van der Waals surface area contributed by atoms with Crippen molar-refractivity contribution in [1.82, 2.24) is 9.78 Å². The first-order valence-corrected chi connectivity index (χ1v) is 8.52. The van der Waals surface area contributed by atoms with Gasteiger partial charge in [-0.25, -0.2) is 4.39 Å². The van der Waals surface area contributed by atoms with Crippen molar-refractivity contribution < 1.29 is 9.18 Å². The lowest BCUT2D eigenvalue weighted by molar-refractivity contribution is 0.0996. The van der Waals surface area contributed by atoms with Crippen LogP contribution in [0.2, 0.25) is 5.02 Å². The van der Waals surface area contributed by atoms with Crippen LogP contribution in [0.15, 0.2) is 36.4 Å². The number of nitrogens with zero attached hydrogens (tertiary/aromatic N) is 3. The molecule has 2 aromatic carbocycles. The van der Waals surface area contributed by atoms with Crippen LogP contribution in [0.25, 0.3) is 11.1 Å². The van der Waals surface area contributed by atoms with E-state index in [2.05, 4.69) is 5.10 Å². The fourth-order valence-electron chi connectivity index (χ4n) is 3.06. The molecule has 0 spiro atoms. The number of nitriles is 1. The van der Waals surface area contributed by atoms with Gasteiger partial charge in [-0.3, -0.25) is 9.48 Å². The van der Waals surface area contributed by atoms with Gasteiger partial charge >= 0.3 is 0 Å². The average Bonchev–Trinajstić information content (AvgIpc) is 2.88. The number of carbonyl (C=O) groups is 1. The number of aryl methyl sites for hydroxylation is 1. The van der Waals surface area contributed by atoms with Crippen molar-refractivity contribution in [2.24, 2.45) is 5.73 Å². The Morgan fingerprint density at radius 3 is 2.63 bits per heavy atom. The molecule has 0 bridgehead atoms. The lowest BCUT2D eigenvalue weighted by Gasteiger charge is -2.08. The molecular weight excluding hydrogens is 367 g/mol. The zero-order valence-electron chi connectivity index (χ0n) is 14.8. The normalized spacial score (nSPS) is 10.6. The van der Waals surface area contributed by atoms with E-state index in [0.717, 1.165) is 22.5 Å². The van der Waals surface area contributed by atoms with Gasteiger partial charge in [0.2, 0.25) is 0 Å². The summed E-state index contributed by atoms with van der Waals surface area (Å²) in [6.45, 7) is 4.13.